The van der Waals surface area contributed by atoms with Crippen molar-refractivity contribution in [2.45, 2.75) is 13.1 Å². The minimum atomic E-state index is -0.0950. The predicted molar refractivity (Wildman–Crippen MR) is 119 cm³/mol. The molecule has 30 heavy (non-hydrogen) atoms. The zero-order chi connectivity index (χ0) is 20.5. The van der Waals surface area contributed by atoms with Crippen molar-refractivity contribution >= 4 is 21.8 Å². The average Bonchev–Trinajstić information content (AvgIpc) is 3.10. The Morgan fingerprint density at radius 1 is 0.833 bits per heavy atom. The van der Waals surface area contributed by atoms with E-state index in [4.69, 9.17) is 4.74 Å². The molecule has 0 spiro atoms. The van der Waals surface area contributed by atoms with E-state index >= 15 is 0 Å². The third kappa shape index (κ3) is 3.14. The molecule has 5 nitrogen and oxygen atoms in total. The third-order valence-corrected chi connectivity index (χ3v) is 5.43. The van der Waals surface area contributed by atoms with E-state index in [1.165, 1.54) is 4.68 Å². The second-order valence-corrected chi connectivity index (χ2v) is 7.31. The Morgan fingerprint density at radius 3 is 2.17 bits per heavy atom. The fourth-order valence-electron chi connectivity index (χ4n) is 3.95. The normalized spacial score (nSPS) is 11.2. The summed E-state index contributed by atoms with van der Waals surface area (Å²) in [5.74, 6) is 0.759. The van der Waals surface area contributed by atoms with Crippen molar-refractivity contribution in [2.24, 2.45) is 0 Å². The zero-order valence-corrected chi connectivity index (χ0v) is 16.7. The summed E-state index contributed by atoms with van der Waals surface area (Å²) in [6.45, 7) is 1.05. The summed E-state index contributed by atoms with van der Waals surface area (Å²) in [6, 6.07) is 26.0. The van der Waals surface area contributed by atoms with Crippen LogP contribution in [0, 0.1) is 0 Å². The number of methoxy groups -OCH3 is 1. The lowest BCUT2D eigenvalue weighted by Crippen LogP contribution is -2.25. The molecule has 3 aromatic carbocycles. The Morgan fingerprint density at radius 2 is 1.50 bits per heavy atom. The molecule has 148 valence electrons. The summed E-state index contributed by atoms with van der Waals surface area (Å²) in [4.78, 5) is 13.5. The van der Waals surface area contributed by atoms with Gasteiger partial charge in [-0.25, -0.2) is 4.68 Å². The van der Waals surface area contributed by atoms with Crippen LogP contribution in [0.5, 0.6) is 5.75 Å². The minimum Gasteiger partial charge on any atom is -0.497 e. The van der Waals surface area contributed by atoms with Gasteiger partial charge in [0.25, 0.3) is 5.56 Å². The number of fused-ring (bicyclic) bond motifs is 3. The van der Waals surface area contributed by atoms with E-state index < -0.39 is 0 Å². The van der Waals surface area contributed by atoms with Crippen LogP contribution in [-0.4, -0.2) is 21.5 Å². The maximum absolute atomic E-state index is 13.5. The van der Waals surface area contributed by atoms with Gasteiger partial charge in [-0.2, -0.15) is 5.10 Å². The van der Waals surface area contributed by atoms with Crippen LogP contribution < -0.4 is 10.3 Å². The molecule has 0 bridgehead atoms. The first-order valence-corrected chi connectivity index (χ1v) is 9.88. The van der Waals surface area contributed by atoms with E-state index in [1.807, 2.05) is 66.7 Å². The van der Waals surface area contributed by atoms with E-state index in [9.17, 15) is 4.79 Å². The van der Waals surface area contributed by atoms with Crippen molar-refractivity contribution in [1.82, 2.24) is 14.3 Å². The van der Waals surface area contributed by atoms with Gasteiger partial charge in [-0.3, -0.25) is 4.79 Å². The highest BCUT2D eigenvalue weighted by molar-refractivity contribution is 6.07. The van der Waals surface area contributed by atoms with Gasteiger partial charge in [0.2, 0.25) is 0 Å². The highest BCUT2D eigenvalue weighted by atomic mass is 16.5. The molecule has 5 rings (SSSR count). The molecule has 5 heteroatoms. The second kappa shape index (κ2) is 7.52. The molecule has 0 saturated carbocycles. The number of rotatable bonds is 5. The van der Waals surface area contributed by atoms with Crippen molar-refractivity contribution < 1.29 is 4.74 Å². The fraction of sp³-hybridized carbons (Fsp3) is 0.120. The molecular weight excluding hydrogens is 374 g/mol. The SMILES string of the molecule is COc1ccc2c(c1)c1cnn(Cc3ccccc3)c(=O)c1n2Cc1ccccc1. The van der Waals surface area contributed by atoms with Gasteiger partial charge in [0, 0.05) is 22.8 Å². The Balaban J connectivity index is 1.75. The molecule has 2 aromatic heterocycles. The highest BCUT2D eigenvalue weighted by Gasteiger charge is 2.17. The molecule has 0 atom stereocenters. The Hall–Kier alpha value is -3.86. The fourth-order valence-corrected chi connectivity index (χ4v) is 3.95. The third-order valence-electron chi connectivity index (χ3n) is 5.43. The van der Waals surface area contributed by atoms with Crippen LogP contribution in [0.3, 0.4) is 0 Å². The maximum atomic E-state index is 13.5. The summed E-state index contributed by atoms with van der Waals surface area (Å²) in [7, 11) is 1.65. The van der Waals surface area contributed by atoms with Crippen molar-refractivity contribution in [3.05, 3.63) is 107 Å². The van der Waals surface area contributed by atoms with Crippen molar-refractivity contribution in [3.63, 3.8) is 0 Å². The molecule has 0 aliphatic heterocycles. The highest BCUT2D eigenvalue weighted by Crippen LogP contribution is 2.30. The smallest absolute Gasteiger partial charge is 0.291 e. The Kier molecular flexibility index (Phi) is 4.56. The van der Waals surface area contributed by atoms with Crippen LogP contribution in [-0.2, 0) is 13.1 Å². The molecule has 0 radical (unpaired) electrons. The van der Waals surface area contributed by atoms with Crippen molar-refractivity contribution in [2.75, 3.05) is 7.11 Å². The number of benzene rings is 3. The van der Waals surface area contributed by atoms with Crippen LogP contribution in [0.4, 0.5) is 0 Å². The van der Waals surface area contributed by atoms with Gasteiger partial charge in [0.15, 0.2) is 0 Å². The number of hydrogen-bond acceptors (Lipinski definition) is 3. The van der Waals surface area contributed by atoms with E-state index in [0.29, 0.717) is 18.6 Å². The van der Waals surface area contributed by atoms with Gasteiger partial charge in [-0.1, -0.05) is 60.7 Å². The van der Waals surface area contributed by atoms with Gasteiger partial charge in [-0.15, -0.1) is 0 Å². The Labute approximate surface area is 173 Å². The monoisotopic (exact) mass is 395 g/mol. The molecule has 0 aliphatic carbocycles. The molecule has 2 heterocycles. The summed E-state index contributed by atoms with van der Waals surface area (Å²) in [5, 5.41) is 6.29. The average molecular weight is 395 g/mol. The maximum Gasteiger partial charge on any atom is 0.291 e. The second-order valence-electron chi connectivity index (χ2n) is 7.31. The number of hydrogen-bond donors (Lipinski definition) is 0. The van der Waals surface area contributed by atoms with Crippen LogP contribution in [0.15, 0.2) is 89.9 Å². The molecule has 0 saturated heterocycles. The van der Waals surface area contributed by atoms with Crippen molar-refractivity contribution in [3.8, 4) is 5.75 Å². The number of ether oxygens (including phenoxy) is 1. The summed E-state index contributed by atoms with van der Waals surface area (Å²) < 4.78 is 9.04. The van der Waals surface area contributed by atoms with E-state index in [-0.39, 0.29) is 5.56 Å². The van der Waals surface area contributed by atoms with E-state index in [1.54, 1.807) is 13.3 Å². The van der Waals surface area contributed by atoms with Crippen molar-refractivity contribution in [1.29, 1.82) is 0 Å². The largest absolute Gasteiger partial charge is 0.497 e. The summed E-state index contributed by atoms with van der Waals surface area (Å²) in [5.41, 5.74) is 3.73. The van der Waals surface area contributed by atoms with Crippen LogP contribution >= 0.6 is 0 Å². The lowest BCUT2D eigenvalue weighted by molar-refractivity contribution is 0.415. The van der Waals surface area contributed by atoms with E-state index in [2.05, 4.69) is 21.8 Å². The van der Waals surface area contributed by atoms with Crippen LogP contribution in [0.25, 0.3) is 21.8 Å². The van der Waals surface area contributed by atoms with Gasteiger partial charge in [0.1, 0.15) is 11.3 Å². The first-order chi connectivity index (χ1) is 14.7. The topological polar surface area (TPSA) is 49.1 Å². The number of aromatic nitrogens is 3. The van der Waals surface area contributed by atoms with Gasteiger partial charge in [-0.05, 0) is 29.3 Å². The molecule has 0 fully saturated rings. The zero-order valence-electron chi connectivity index (χ0n) is 16.7. The summed E-state index contributed by atoms with van der Waals surface area (Å²) >= 11 is 0. The molecular formula is C25H21N3O2. The number of nitrogens with zero attached hydrogens (tertiary/aromatic N) is 3. The first-order valence-electron chi connectivity index (χ1n) is 9.88. The van der Waals surface area contributed by atoms with Crippen LogP contribution in [0.2, 0.25) is 0 Å². The quantitative estimate of drug-likeness (QED) is 0.442. The van der Waals surface area contributed by atoms with Crippen LogP contribution in [0.1, 0.15) is 11.1 Å². The Bertz CT molecular complexity index is 1390. The predicted octanol–water partition coefficient (Wildman–Crippen LogP) is 4.46. The molecule has 0 amide bonds. The minimum absolute atomic E-state index is 0.0950. The molecule has 0 N–H and O–H groups in total. The van der Waals surface area contributed by atoms with Gasteiger partial charge >= 0.3 is 0 Å². The first kappa shape index (κ1) is 18.2. The molecule has 0 unspecified atom stereocenters. The summed E-state index contributed by atoms with van der Waals surface area (Å²) in [6.07, 6.45) is 1.79. The van der Waals surface area contributed by atoms with E-state index in [0.717, 1.165) is 33.2 Å². The standard InChI is InChI=1S/C25H21N3O2/c1-30-20-12-13-23-21(14-20)22-15-26-28(17-19-10-6-3-7-11-19)25(29)24(22)27(23)16-18-8-4-2-5-9-18/h2-15H,16-17H2,1H3. The lowest BCUT2D eigenvalue weighted by atomic mass is 10.2. The molecule has 0 aliphatic rings. The lowest BCUT2D eigenvalue weighted by Gasteiger charge is -2.09. The van der Waals surface area contributed by atoms with Gasteiger partial charge in [0.05, 0.1) is 19.9 Å². The molecule has 5 aromatic rings. The van der Waals surface area contributed by atoms with Gasteiger partial charge < -0.3 is 9.30 Å².